The molecular formula is C24H22N4O5S2. The number of nitrogens with one attached hydrogen (secondary N) is 2. The standard InChI is InChI=1S/C24H22N4O5S2/c29-24(25-14-17-15-32-20-10-4-5-11-21(20)33-17)19(13-16-7-2-1-3-8-16)28-35(30,31)22-12-6-9-18-23(22)27-34-26-18/h1-12,17,19,28H,13-15H2,(H,25,29)/t17-,19-/m1/s1. The predicted molar refractivity (Wildman–Crippen MR) is 131 cm³/mol. The van der Waals surface area contributed by atoms with Crippen LogP contribution < -0.4 is 19.5 Å². The number of para-hydroxylation sites is 2. The fraction of sp³-hybridized carbons (Fsp3) is 0.208. The normalized spacial score (nSPS) is 16.1. The largest absolute Gasteiger partial charge is 0.486 e. The first kappa shape index (κ1) is 23.2. The Kier molecular flexibility index (Phi) is 6.62. The van der Waals surface area contributed by atoms with Gasteiger partial charge in [0.15, 0.2) is 11.5 Å². The summed E-state index contributed by atoms with van der Waals surface area (Å²) in [6.07, 6.45) is -0.236. The molecule has 2 atom stereocenters. The third-order valence-electron chi connectivity index (χ3n) is 5.51. The molecule has 0 saturated carbocycles. The SMILES string of the molecule is O=C(NC[C@@H]1COc2ccccc2O1)[C@@H](Cc1ccccc1)NS(=O)(=O)c1cccc2nsnc12. The van der Waals surface area contributed by atoms with Gasteiger partial charge in [0.2, 0.25) is 15.9 Å². The summed E-state index contributed by atoms with van der Waals surface area (Å²) in [6.45, 7) is 0.428. The summed E-state index contributed by atoms with van der Waals surface area (Å²) in [5, 5.41) is 2.81. The highest BCUT2D eigenvalue weighted by Gasteiger charge is 2.29. The van der Waals surface area contributed by atoms with E-state index in [9.17, 15) is 13.2 Å². The van der Waals surface area contributed by atoms with Gasteiger partial charge in [0, 0.05) is 0 Å². The number of benzene rings is 3. The summed E-state index contributed by atoms with van der Waals surface area (Å²) in [5.41, 5.74) is 1.57. The lowest BCUT2D eigenvalue weighted by atomic mass is 10.1. The van der Waals surface area contributed by atoms with Crippen molar-refractivity contribution in [2.45, 2.75) is 23.5 Å². The third-order valence-corrected chi connectivity index (χ3v) is 7.55. The summed E-state index contributed by atoms with van der Waals surface area (Å²) >= 11 is 0.933. The molecule has 0 saturated heterocycles. The molecule has 0 spiro atoms. The van der Waals surface area contributed by atoms with Crippen molar-refractivity contribution in [3.63, 3.8) is 0 Å². The second-order valence-electron chi connectivity index (χ2n) is 7.99. The number of hydrogen-bond acceptors (Lipinski definition) is 8. The minimum absolute atomic E-state index is 0.0183. The average Bonchev–Trinajstić information content (AvgIpc) is 3.36. The first-order valence-electron chi connectivity index (χ1n) is 10.9. The minimum atomic E-state index is -4.07. The highest BCUT2D eigenvalue weighted by Crippen LogP contribution is 2.30. The van der Waals surface area contributed by atoms with Gasteiger partial charge in [-0.3, -0.25) is 4.79 Å². The molecule has 0 fully saturated rings. The molecule has 1 aliphatic rings. The van der Waals surface area contributed by atoms with Crippen LogP contribution >= 0.6 is 11.7 Å². The van der Waals surface area contributed by atoms with Crippen LogP contribution in [0.3, 0.4) is 0 Å². The van der Waals surface area contributed by atoms with E-state index in [2.05, 4.69) is 18.8 Å². The van der Waals surface area contributed by atoms with Crippen molar-refractivity contribution in [2.24, 2.45) is 0 Å². The Morgan fingerprint density at radius 2 is 1.77 bits per heavy atom. The predicted octanol–water partition coefficient (Wildman–Crippen LogP) is 2.54. The minimum Gasteiger partial charge on any atom is -0.486 e. The monoisotopic (exact) mass is 510 g/mol. The van der Waals surface area contributed by atoms with Crippen molar-refractivity contribution in [3.8, 4) is 11.5 Å². The Morgan fingerprint density at radius 1 is 1.00 bits per heavy atom. The molecule has 2 heterocycles. The number of amides is 1. The van der Waals surface area contributed by atoms with E-state index in [1.807, 2.05) is 48.5 Å². The van der Waals surface area contributed by atoms with E-state index in [1.54, 1.807) is 18.2 Å². The van der Waals surface area contributed by atoms with Crippen molar-refractivity contribution in [1.29, 1.82) is 0 Å². The third kappa shape index (κ3) is 5.26. The number of fused-ring (bicyclic) bond motifs is 2. The molecule has 0 bridgehead atoms. The van der Waals surface area contributed by atoms with E-state index in [0.29, 0.717) is 17.0 Å². The fourth-order valence-corrected chi connectivity index (χ4v) is 5.75. The topological polar surface area (TPSA) is 120 Å². The number of nitrogens with zero attached hydrogens (tertiary/aromatic N) is 2. The molecule has 35 heavy (non-hydrogen) atoms. The summed E-state index contributed by atoms with van der Waals surface area (Å²) < 4.78 is 49.0. The summed E-state index contributed by atoms with van der Waals surface area (Å²) in [7, 11) is -4.07. The maximum absolute atomic E-state index is 13.3. The Morgan fingerprint density at radius 3 is 2.60 bits per heavy atom. The van der Waals surface area contributed by atoms with Crippen LogP contribution in [0.4, 0.5) is 0 Å². The van der Waals surface area contributed by atoms with Gasteiger partial charge >= 0.3 is 0 Å². The van der Waals surface area contributed by atoms with E-state index in [-0.39, 0.29) is 30.0 Å². The van der Waals surface area contributed by atoms with Crippen LogP contribution in [-0.2, 0) is 21.2 Å². The van der Waals surface area contributed by atoms with Crippen molar-refractivity contribution in [3.05, 3.63) is 78.4 Å². The van der Waals surface area contributed by atoms with Crippen molar-refractivity contribution in [1.82, 2.24) is 18.8 Å². The molecule has 0 unspecified atom stereocenters. The van der Waals surface area contributed by atoms with Crippen LogP contribution in [0.25, 0.3) is 11.0 Å². The zero-order valence-electron chi connectivity index (χ0n) is 18.5. The van der Waals surface area contributed by atoms with Gasteiger partial charge in [-0.05, 0) is 36.2 Å². The molecule has 1 aliphatic heterocycles. The van der Waals surface area contributed by atoms with Gasteiger partial charge in [-0.1, -0.05) is 48.5 Å². The van der Waals surface area contributed by atoms with E-state index >= 15 is 0 Å². The summed E-state index contributed by atoms with van der Waals surface area (Å²) in [6, 6.07) is 20.2. The molecule has 0 radical (unpaired) electrons. The zero-order valence-corrected chi connectivity index (χ0v) is 20.1. The summed E-state index contributed by atoms with van der Waals surface area (Å²) in [4.78, 5) is 13.2. The molecular weight excluding hydrogens is 488 g/mol. The number of carbonyl (C=O) groups excluding carboxylic acids is 1. The maximum Gasteiger partial charge on any atom is 0.243 e. The molecule has 2 N–H and O–H groups in total. The zero-order chi connectivity index (χ0) is 24.3. The molecule has 1 aromatic heterocycles. The molecule has 3 aromatic carbocycles. The quantitative estimate of drug-likeness (QED) is 0.374. The van der Waals surface area contributed by atoms with Crippen LogP contribution in [0.15, 0.2) is 77.7 Å². The fourth-order valence-electron chi connectivity index (χ4n) is 3.79. The van der Waals surface area contributed by atoms with Gasteiger partial charge in [0.05, 0.1) is 18.3 Å². The van der Waals surface area contributed by atoms with Crippen molar-refractivity contribution < 1.29 is 22.7 Å². The Balaban J connectivity index is 1.33. The molecule has 5 rings (SSSR count). The summed E-state index contributed by atoms with van der Waals surface area (Å²) in [5.74, 6) is 0.781. The first-order chi connectivity index (χ1) is 17.0. The Bertz CT molecular complexity index is 1440. The van der Waals surface area contributed by atoms with Crippen LogP contribution in [0.5, 0.6) is 11.5 Å². The van der Waals surface area contributed by atoms with Crippen molar-refractivity contribution in [2.75, 3.05) is 13.2 Å². The van der Waals surface area contributed by atoms with Gasteiger partial charge in [-0.25, -0.2) is 8.42 Å². The lowest BCUT2D eigenvalue weighted by Crippen LogP contribution is -2.50. The molecule has 9 nitrogen and oxygen atoms in total. The molecule has 0 aliphatic carbocycles. The van der Waals surface area contributed by atoms with E-state index in [0.717, 1.165) is 17.3 Å². The smallest absolute Gasteiger partial charge is 0.243 e. The lowest BCUT2D eigenvalue weighted by Gasteiger charge is -2.27. The number of hydrogen-bond donors (Lipinski definition) is 2. The molecule has 1 amide bonds. The van der Waals surface area contributed by atoms with Crippen LogP contribution in [-0.4, -0.2) is 48.4 Å². The van der Waals surface area contributed by atoms with Crippen LogP contribution in [0.2, 0.25) is 0 Å². The average molecular weight is 511 g/mol. The van der Waals surface area contributed by atoms with E-state index in [4.69, 9.17) is 9.47 Å². The van der Waals surface area contributed by atoms with Gasteiger partial charge in [0.25, 0.3) is 0 Å². The first-order valence-corrected chi connectivity index (χ1v) is 13.1. The van der Waals surface area contributed by atoms with Crippen molar-refractivity contribution >= 4 is 38.7 Å². The lowest BCUT2D eigenvalue weighted by molar-refractivity contribution is -0.123. The van der Waals surface area contributed by atoms with Crippen LogP contribution in [0, 0.1) is 0 Å². The molecule has 180 valence electrons. The number of rotatable bonds is 8. The Hall–Kier alpha value is -3.54. The highest BCUT2D eigenvalue weighted by atomic mass is 32.2. The van der Waals surface area contributed by atoms with E-state index in [1.165, 1.54) is 6.07 Å². The van der Waals surface area contributed by atoms with Gasteiger partial charge in [-0.2, -0.15) is 13.5 Å². The Labute approximate surface area is 206 Å². The highest BCUT2D eigenvalue weighted by molar-refractivity contribution is 7.89. The molecule has 4 aromatic rings. The second-order valence-corrected chi connectivity index (χ2v) is 10.2. The number of sulfonamides is 1. The second kappa shape index (κ2) is 9.98. The van der Waals surface area contributed by atoms with Gasteiger partial charge < -0.3 is 14.8 Å². The number of carbonyl (C=O) groups is 1. The maximum atomic E-state index is 13.3. The molecule has 11 heteroatoms. The van der Waals surface area contributed by atoms with E-state index < -0.39 is 28.1 Å². The number of aromatic nitrogens is 2. The van der Waals surface area contributed by atoms with Gasteiger partial charge in [0.1, 0.15) is 34.7 Å². The van der Waals surface area contributed by atoms with Crippen LogP contribution in [0.1, 0.15) is 5.56 Å². The van der Waals surface area contributed by atoms with Gasteiger partial charge in [-0.15, -0.1) is 0 Å². The number of ether oxygens (including phenoxy) is 2.